The molecule has 0 aliphatic carbocycles. The number of hydrogen-bond donors (Lipinski definition) is 2. The van der Waals surface area contributed by atoms with Gasteiger partial charge in [0.05, 0.1) is 6.10 Å². The molecule has 2 nitrogen and oxygen atoms in total. The van der Waals surface area contributed by atoms with E-state index in [1.54, 1.807) is 0 Å². The van der Waals surface area contributed by atoms with E-state index < -0.39 is 0 Å². The summed E-state index contributed by atoms with van der Waals surface area (Å²) in [7, 11) is 0. The highest BCUT2D eigenvalue weighted by Crippen LogP contribution is 2.26. The van der Waals surface area contributed by atoms with Gasteiger partial charge in [0.25, 0.3) is 0 Å². The maximum absolute atomic E-state index is 9.32. The first-order chi connectivity index (χ1) is 5.70. The third-order valence-corrected chi connectivity index (χ3v) is 4.05. The minimum atomic E-state index is -0.176. The van der Waals surface area contributed by atoms with Crippen molar-refractivity contribution in [1.82, 2.24) is 5.32 Å². The molecule has 72 valence electrons. The Morgan fingerprint density at radius 1 is 1.33 bits per heavy atom. The van der Waals surface area contributed by atoms with Gasteiger partial charge in [-0.3, -0.25) is 0 Å². The summed E-state index contributed by atoms with van der Waals surface area (Å²) in [6.07, 6.45) is 2.33. The van der Waals surface area contributed by atoms with Crippen molar-refractivity contribution in [2.24, 2.45) is 0 Å². The summed E-state index contributed by atoms with van der Waals surface area (Å²) in [6, 6.07) is 0. The van der Waals surface area contributed by atoms with Crippen LogP contribution in [0, 0.1) is 0 Å². The number of thioether (sulfide) groups is 1. The van der Waals surface area contributed by atoms with Crippen LogP contribution in [0.5, 0.6) is 0 Å². The van der Waals surface area contributed by atoms with Gasteiger partial charge in [-0.05, 0) is 32.9 Å². The molecule has 0 radical (unpaired) electrons. The first-order valence-electron chi connectivity index (χ1n) is 4.74. The molecule has 12 heavy (non-hydrogen) atoms. The predicted octanol–water partition coefficient (Wildman–Crippen LogP) is 1.24. The fourth-order valence-corrected chi connectivity index (χ4v) is 2.69. The van der Waals surface area contributed by atoms with Crippen molar-refractivity contribution in [3.8, 4) is 0 Å². The molecule has 3 heteroatoms. The number of nitrogens with one attached hydrogen (secondary N) is 1. The second kappa shape index (κ2) is 5.10. The van der Waals surface area contributed by atoms with Crippen molar-refractivity contribution in [2.75, 3.05) is 13.1 Å². The highest BCUT2D eigenvalue weighted by molar-refractivity contribution is 8.00. The Morgan fingerprint density at radius 3 is 2.42 bits per heavy atom. The minimum Gasteiger partial charge on any atom is -0.392 e. The number of aliphatic hydroxyl groups excluding tert-OH is 1. The van der Waals surface area contributed by atoms with Crippen molar-refractivity contribution < 1.29 is 5.11 Å². The molecule has 0 spiro atoms. The zero-order chi connectivity index (χ0) is 8.97. The van der Waals surface area contributed by atoms with Crippen LogP contribution < -0.4 is 5.32 Å². The average Bonchev–Trinajstić information content (AvgIpc) is 2.06. The number of piperidine rings is 1. The lowest BCUT2D eigenvalue weighted by molar-refractivity contribution is 0.196. The van der Waals surface area contributed by atoms with E-state index in [-0.39, 0.29) is 6.10 Å². The molecule has 0 aromatic heterocycles. The molecule has 1 aliphatic rings. The lowest BCUT2D eigenvalue weighted by Gasteiger charge is -2.26. The Hall–Kier alpha value is 0.270. The van der Waals surface area contributed by atoms with Gasteiger partial charge in [0, 0.05) is 10.5 Å². The van der Waals surface area contributed by atoms with Crippen LogP contribution in [-0.2, 0) is 0 Å². The van der Waals surface area contributed by atoms with Crippen LogP contribution in [0.3, 0.4) is 0 Å². The first-order valence-corrected chi connectivity index (χ1v) is 5.68. The Kier molecular flexibility index (Phi) is 4.40. The number of rotatable bonds is 3. The maximum atomic E-state index is 9.32. The van der Waals surface area contributed by atoms with Crippen LogP contribution >= 0.6 is 11.8 Å². The standard InChI is InChI=1S/C9H19NOS/c1-7(11)8(2)12-9-3-5-10-6-4-9/h7-11H,3-6H2,1-2H3. The predicted molar refractivity (Wildman–Crippen MR) is 54.6 cm³/mol. The third-order valence-electron chi connectivity index (χ3n) is 2.37. The fourth-order valence-electron chi connectivity index (χ4n) is 1.35. The number of aliphatic hydroxyl groups is 1. The highest BCUT2D eigenvalue weighted by atomic mass is 32.2. The van der Waals surface area contributed by atoms with Crippen molar-refractivity contribution in [2.45, 2.75) is 43.3 Å². The van der Waals surface area contributed by atoms with Gasteiger partial charge in [0.1, 0.15) is 0 Å². The average molecular weight is 189 g/mol. The second-order valence-corrected chi connectivity index (χ2v) is 5.21. The smallest absolute Gasteiger partial charge is 0.0628 e. The van der Waals surface area contributed by atoms with Crippen LogP contribution in [0.1, 0.15) is 26.7 Å². The van der Waals surface area contributed by atoms with Crippen molar-refractivity contribution in [1.29, 1.82) is 0 Å². The molecule has 2 unspecified atom stereocenters. The largest absolute Gasteiger partial charge is 0.392 e. The zero-order valence-corrected chi connectivity index (χ0v) is 8.73. The van der Waals surface area contributed by atoms with Gasteiger partial charge in [-0.15, -0.1) is 0 Å². The molecule has 1 rings (SSSR count). The van der Waals surface area contributed by atoms with Crippen LogP contribution in [0.15, 0.2) is 0 Å². The summed E-state index contributed by atoms with van der Waals surface area (Å²) in [6.45, 7) is 6.27. The Morgan fingerprint density at radius 2 is 1.92 bits per heavy atom. The minimum absolute atomic E-state index is 0.176. The molecule has 1 aliphatic heterocycles. The SMILES string of the molecule is CC(O)C(C)SC1CCNCC1. The van der Waals surface area contributed by atoms with Crippen molar-refractivity contribution in [3.05, 3.63) is 0 Å². The van der Waals surface area contributed by atoms with Gasteiger partial charge in [-0.1, -0.05) is 6.92 Å². The molecule has 0 aromatic rings. The second-order valence-electron chi connectivity index (χ2n) is 3.53. The van der Waals surface area contributed by atoms with Crippen LogP contribution in [0.2, 0.25) is 0 Å². The molecular formula is C9H19NOS. The Balaban J connectivity index is 2.20. The molecule has 0 amide bonds. The van der Waals surface area contributed by atoms with Gasteiger partial charge in [-0.25, -0.2) is 0 Å². The molecule has 0 bridgehead atoms. The van der Waals surface area contributed by atoms with Gasteiger partial charge in [0.15, 0.2) is 0 Å². The monoisotopic (exact) mass is 189 g/mol. The van der Waals surface area contributed by atoms with Crippen molar-refractivity contribution in [3.63, 3.8) is 0 Å². The summed E-state index contributed by atoms with van der Waals surface area (Å²) >= 11 is 1.94. The maximum Gasteiger partial charge on any atom is 0.0628 e. The lowest BCUT2D eigenvalue weighted by atomic mass is 10.2. The van der Waals surface area contributed by atoms with E-state index in [0.29, 0.717) is 5.25 Å². The highest BCUT2D eigenvalue weighted by Gasteiger charge is 2.18. The van der Waals surface area contributed by atoms with Gasteiger partial charge in [0.2, 0.25) is 0 Å². The first kappa shape index (κ1) is 10.4. The van der Waals surface area contributed by atoms with Gasteiger partial charge < -0.3 is 10.4 Å². The van der Waals surface area contributed by atoms with Gasteiger partial charge in [-0.2, -0.15) is 11.8 Å². The molecule has 1 saturated heterocycles. The molecular weight excluding hydrogens is 170 g/mol. The Bertz CT molecular complexity index is 124. The summed E-state index contributed by atoms with van der Waals surface area (Å²) in [5.41, 5.74) is 0. The quantitative estimate of drug-likeness (QED) is 0.700. The van der Waals surface area contributed by atoms with E-state index in [0.717, 1.165) is 18.3 Å². The van der Waals surface area contributed by atoms with E-state index in [9.17, 15) is 5.11 Å². The third kappa shape index (κ3) is 3.33. The lowest BCUT2D eigenvalue weighted by Crippen LogP contribution is -2.31. The molecule has 2 atom stereocenters. The van der Waals surface area contributed by atoms with Crippen molar-refractivity contribution >= 4 is 11.8 Å². The normalized spacial score (nSPS) is 25.2. The van der Waals surface area contributed by atoms with E-state index >= 15 is 0 Å². The summed E-state index contributed by atoms with van der Waals surface area (Å²) in [4.78, 5) is 0. The molecule has 1 fully saturated rings. The van der Waals surface area contributed by atoms with E-state index in [4.69, 9.17) is 0 Å². The van der Waals surface area contributed by atoms with Gasteiger partial charge >= 0.3 is 0 Å². The summed E-state index contributed by atoms with van der Waals surface area (Å²) in [5.74, 6) is 0. The summed E-state index contributed by atoms with van der Waals surface area (Å²) in [5, 5.41) is 13.8. The zero-order valence-electron chi connectivity index (χ0n) is 7.92. The van der Waals surface area contributed by atoms with Crippen LogP contribution in [-0.4, -0.2) is 34.8 Å². The Labute approximate surface area is 79.1 Å². The fraction of sp³-hybridized carbons (Fsp3) is 1.00. The molecule has 1 heterocycles. The molecule has 0 aromatic carbocycles. The topological polar surface area (TPSA) is 32.3 Å². The van der Waals surface area contributed by atoms with E-state index in [1.807, 2.05) is 18.7 Å². The molecule has 2 N–H and O–H groups in total. The van der Waals surface area contributed by atoms with E-state index in [2.05, 4.69) is 12.2 Å². The van der Waals surface area contributed by atoms with E-state index in [1.165, 1.54) is 12.8 Å². The van der Waals surface area contributed by atoms with Crippen LogP contribution in [0.4, 0.5) is 0 Å². The van der Waals surface area contributed by atoms with Crippen LogP contribution in [0.25, 0.3) is 0 Å². The molecule has 0 saturated carbocycles. The summed E-state index contributed by atoms with van der Waals surface area (Å²) < 4.78 is 0. The number of hydrogen-bond acceptors (Lipinski definition) is 3.